The quantitative estimate of drug-likeness (QED) is 0.440. The number of aliphatic hydroxyl groups is 1. The van der Waals surface area contributed by atoms with Crippen LogP contribution >= 0.6 is 0 Å². The van der Waals surface area contributed by atoms with Crippen LogP contribution in [0.25, 0.3) is 5.69 Å². The van der Waals surface area contributed by atoms with Gasteiger partial charge in [-0.15, -0.1) is 5.10 Å². The van der Waals surface area contributed by atoms with Gasteiger partial charge >= 0.3 is 12.1 Å². The molecule has 0 spiro atoms. The van der Waals surface area contributed by atoms with Crippen molar-refractivity contribution in [2.75, 3.05) is 26.8 Å². The van der Waals surface area contributed by atoms with Crippen LogP contribution in [-0.2, 0) is 11.2 Å². The molecule has 1 amide bonds. The van der Waals surface area contributed by atoms with Crippen molar-refractivity contribution in [3.63, 3.8) is 0 Å². The summed E-state index contributed by atoms with van der Waals surface area (Å²) in [7, 11) is 1.47. The van der Waals surface area contributed by atoms with E-state index in [9.17, 15) is 33.0 Å². The number of halogens is 3. The molecular weight excluding hydrogens is 471 g/mol. The van der Waals surface area contributed by atoms with Gasteiger partial charge in [-0.2, -0.15) is 13.2 Å². The van der Waals surface area contributed by atoms with Crippen molar-refractivity contribution in [2.45, 2.75) is 18.7 Å². The highest BCUT2D eigenvalue weighted by Crippen LogP contribution is 2.32. The van der Waals surface area contributed by atoms with Crippen molar-refractivity contribution in [3.8, 4) is 5.69 Å². The van der Waals surface area contributed by atoms with E-state index in [-0.39, 0.29) is 48.5 Å². The first-order valence-corrected chi connectivity index (χ1v) is 10.3. The summed E-state index contributed by atoms with van der Waals surface area (Å²) >= 11 is 0. The van der Waals surface area contributed by atoms with E-state index in [1.165, 1.54) is 53.5 Å². The monoisotopic (exact) mass is 493 g/mol. The smallest absolute Gasteiger partial charge is 0.418 e. The maximum Gasteiger partial charge on any atom is 0.418 e. The molecule has 0 saturated carbocycles. The number of nitrogens with zero attached hydrogens (tertiary/aromatic N) is 5. The third kappa shape index (κ3) is 6.39. The molecule has 3 rings (SSSR count). The number of rotatable bonds is 10. The predicted octanol–water partition coefficient (Wildman–Crippen LogP) is 2.29. The Morgan fingerprint density at radius 1 is 1.17 bits per heavy atom. The number of benzene rings is 1. The summed E-state index contributed by atoms with van der Waals surface area (Å²) in [5.41, 5.74) is 0.471. The molecule has 2 N–H and O–H groups in total. The number of hydrogen-bond donors (Lipinski definition) is 2. The van der Waals surface area contributed by atoms with Crippen LogP contribution in [0.2, 0.25) is 0 Å². The van der Waals surface area contributed by atoms with E-state index >= 15 is 0 Å². The molecule has 10 nitrogen and oxygen atoms in total. The van der Waals surface area contributed by atoms with Crippen LogP contribution in [0.5, 0.6) is 0 Å². The second-order valence-electron chi connectivity index (χ2n) is 7.45. The first kappa shape index (κ1) is 25.8. The maximum absolute atomic E-state index is 13.0. The second kappa shape index (κ2) is 11.1. The van der Waals surface area contributed by atoms with Crippen molar-refractivity contribution in [1.82, 2.24) is 24.9 Å². The number of ether oxygens (including phenoxy) is 1. The molecule has 0 unspecified atom stereocenters. The zero-order chi connectivity index (χ0) is 25.6. The number of alkyl halides is 3. The molecule has 0 fully saturated rings. The zero-order valence-electron chi connectivity index (χ0n) is 18.5. The predicted molar refractivity (Wildman–Crippen MR) is 115 cm³/mol. The fourth-order valence-corrected chi connectivity index (χ4v) is 3.23. The lowest BCUT2D eigenvalue weighted by Crippen LogP contribution is -2.35. The molecule has 0 aliphatic rings. The van der Waals surface area contributed by atoms with Gasteiger partial charge in [0.15, 0.2) is 6.10 Å². The molecule has 35 heavy (non-hydrogen) atoms. The van der Waals surface area contributed by atoms with E-state index in [1.807, 2.05) is 0 Å². The summed E-state index contributed by atoms with van der Waals surface area (Å²) in [6, 6.07) is 5.89. The summed E-state index contributed by atoms with van der Waals surface area (Å²) in [6.07, 6.45) is -2.97. The molecule has 0 bridgehead atoms. The highest BCUT2D eigenvalue weighted by atomic mass is 19.4. The Bertz CT molecular complexity index is 1170. The number of aromatic carboxylic acids is 1. The number of pyridine rings is 1. The highest BCUT2D eigenvalue weighted by Gasteiger charge is 2.39. The van der Waals surface area contributed by atoms with Crippen molar-refractivity contribution in [2.24, 2.45) is 0 Å². The third-order valence-electron chi connectivity index (χ3n) is 5.09. The van der Waals surface area contributed by atoms with Gasteiger partial charge in [0.1, 0.15) is 0 Å². The van der Waals surface area contributed by atoms with Gasteiger partial charge in [-0.3, -0.25) is 9.78 Å². The first-order chi connectivity index (χ1) is 16.6. The largest absolute Gasteiger partial charge is 0.478 e. The van der Waals surface area contributed by atoms with Gasteiger partial charge in [0, 0.05) is 38.4 Å². The average Bonchev–Trinajstić information content (AvgIpc) is 3.31. The molecule has 0 aliphatic carbocycles. The fourth-order valence-electron chi connectivity index (χ4n) is 3.23. The zero-order valence-corrected chi connectivity index (χ0v) is 18.5. The molecule has 186 valence electrons. The number of aromatic nitrogens is 4. The Labute approximate surface area is 197 Å². The molecule has 0 aliphatic heterocycles. The Morgan fingerprint density at radius 3 is 2.51 bits per heavy atom. The molecule has 1 aromatic carbocycles. The molecular formula is C22H22F3N5O5. The number of carboxylic acids is 1. The van der Waals surface area contributed by atoms with E-state index in [0.717, 1.165) is 12.1 Å². The number of aliphatic hydroxyl groups excluding tert-OH is 1. The Balaban J connectivity index is 1.72. The molecule has 3 aromatic rings. The van der Waals surface area contributed by atoms with Crippen molar-refractivity contribution < 1.29 is 37.7 Å². The number of carbonyl (C=O) groups excluding carboxylic acids is 1. The molecule has 2 aromatic heterocycles. The van der Waals surface area contributed by atoms with E-state index in [2.05, 4.69) is 15.3 Å². The maximum atomic E-state index is 13.0. The summed E-state index contributed by atoms with van der Waals surface area (Å²) in [4.78, 5) is 29.7. The first-order valence-electron chi connectivity index (χ1n) is 10.3. The summed E-state index contributed by atoms with van der Waals surface area (Å²) in [6.45, 7) is 0.621. The third-order valence-corrected chi connectivity index (χ3v) is 5.09. The molecule has 13 heteroatoms. The summed E-state index contributed by atoms with van der Waals surface area (Å²) < 4.78 is 44.5. The normalized spacial score (nSPS) is 12.4. The van der Waals surface area contributed by atoms with Crippen LogP contribution in [0.15, 0.2) is 48.9 Å². The lowest BCUT2D eigenvalue weighted by Gasteiger charge is -2.22. The molecule has 2 heterocycles. The van der Waals surface area contributed by atoms with E-state index in [0.29, 0.717) is 5.69 Å². The van der Waals surface area contributed by atoms with E-state index in [4.69, 9.17) is 4.74 Å². The van der Waals surface area contributed by atoms with Gasteiger partial charge in [-0.25, -0.2) is 9.48 Å². The average molecular weight is 493 g/mol. The highest BCUT2D eigenvalue weighted by molar-refractivity contribution is 5.94. The van der Waals surface area contributed by atoms with Crippen molar-refractivity contribution in [1.29, 1.82) is 0 Å². The Hall–Kier alpha value is -3.84. The van der Waals surface area contributed by atoms with Gasteiger partial charge in [0.2, 0.25) is 0 Å². The summed E-state index contributed by atoms with van der Waals surface area (Å²) in [5.74, 6) is -1.59. The molecule has 1 atom stereocenters. The lowest BCUT2D eigenvalue weighted by atomic mass is 10.1. The number of amides is 1. The van der Waals surface area contributed by atoms with Crippen LogP contribution in [-0.4, -0.2) is 79.9 Å². The minimum Gasteiger partial charge on any atom is -0.478 e. The second-order valence-corrected chi connectivity index (χ2v) is 7.45. The summed E-state index contributed by atoms with van der Waals surface area (Å²) in [5, 5.41) is 26.7. The fraction of sp³-hybridized carbons (Fsp3) is 0.318. The Morgan fingerprint density at radius 2 is 1.89 bits per heavy atom. The minimum atomic E-state index is -4.81. The van der Waals surface area contributed by atoms with Gasteiger partial charge in [-0.1, -0.05) is 17.3 Å². The Kier molecular flexibility index (Phi) is 8.14. The standard InChI is InChI=1S/C22H22F3N5O5/c1-35-11-10-29(20(32)15-4-2-14(3-5-15)19(31)22(23,24)25)9-7-16-13-30(28-27-16)18-12-26-8-6-17(18)21(33)34/h2-6,8,12-13,19,31H,7,9-11H2,1H3,(H,33,34)/t19-/m0/s1. The molecule has 0 saturated heterocycles. The number of carboxylic acid groups (broad SMARTS) is 1. The number of methoxy groups -OCH3 is 1. The topological polar surface area (TPSA) is 131 Å². The van der Waals surface area contributed by atoms with Crippen LogP contribution in [0.4, 0.5) is 13.2 Å². The van der Waals surface area contributed by atoms with Crippen LogP contribution in [0, 0.1) is 0 Å². The number of hydrogen-bond acceptors (Lipinski definition) is 7. The van der Waals surface area contributed by atoms with Crippen molar-refractivity contribution >= 4 is 11.9 Å². The van der Waals surface area contributed by atoms with Gasteiger partial charge in [0.05, 0.1) is 35.9 Å². The minimum absolute atomic E-state index is 0.00700. The van der Waals surface area contributed by atoms with Crippen LogP contribution in [0.1, 0.15) is 38.1 Å². The lowest BCUT2D eigenvalue weighted by molar-refractivity contribution is -0.206. The van der Waals surface area contributed by atoms with Gasteiger partial charge in [-0.05, 0) is 23.8 Å². The van der Waals surface area contributed by atoms with Crippen LogP contribution < -0.4 is 0 Å². The van der Waals surface area contributed by atoms with Gasteiger partial charge in [0.25, 0.3) is 5.91 Å². The van der Waals surface area contributed by atoms with Crippen LogP contribution in [0.3, 0.4) is 0 Å². The van der Waals surface area contributed by atoms with E-state index in [1.54, 1.807) is 0 Å². The van der Waals surface area contributed by atoms with E-state index < -0.39 is 24.2 Å². The van der Waals surface area contributed by atoms with Gasteiger partial charge < -0.3 is 19.8 Å². The number of carbonyl (C=O) groups is 2. The van der Waals surface area contributed by atoms with Crippen molar-refractivity contribution in [3.05, 3.63) is 71.3 Å². The SMILES string of the molecule is COCCN(CCc1cn(-c2cnccc2C(=O)O)nn1)C(=O)c1ccc([C@H](O)C(F)(F)F)cc1. The molecule has 0 radical (unpaired) electrons.